The van der Waals surface area contributed by atoms with E-state index in [2.05, 4.69) is 4.72 Å². The Hall–Kier alpha value is -2.20. The molecule has 1 aromatic heterocycles. The van der Waals surface area contributed by atoms with Crippen LogP contribution in [-0.4, -0.2) is 38.8 Å². The Morgan fingerprint density at radius 1 is 1.31 bits per heavy atom. The van der Waals surface area contributed by atoms with Gasteiger partial charge in [0.1, 0.15) is 4.21 Å². The maximum atomic E-state index is 13.1. The van der Waals surface area contributed by atoms with Gasteiger partial charge in [0.05, 0.1) is 19.2 Å². The van der Waals surface area contributed by atoms with Crippen LogP contribution in [0, 0.1) is 5.92 Å². The van der Waals surface area contributed by atoms with Crippen LogP contribution in [0.25, 0.3) is 0 Å². The Balaban J connectivity index is 1.91. The fraction of sp³-hybridized carbons (Fsp3) is 0.364. The Bertz CT molecular complexity index is 1160. The molecule has 0 bridgehead atoms. The molecule has 1 aromatic carbocycles. The fourth-order valence-electron chi connectivity index (χ4n) is 3.32. The van der Waals surface area contributed by atoms with Gasteiger partial charge >= 0.3 is 5.97 Å². The summed E-state index contributed by atoms with van der Waals surface area (Å²) in [4.78, 5) is 27.3. The predicted molar refractivity (Wildman–Crippen MR) is 124 cm³/mol. The molecule has 1 aliphatic heterocycles. The van der Waals surface area contributed by atoms with Gasteiger partial charge in [-0.2, -0.15) is 0 Å². The lowest BCUT2D eigenvalue weighted by atomic mass is 10.0. The highest BCUT2D eigenvalue weighted by Gasteiger charge is 2.34. The van der Waals surface area contributed by atoms with Crippen molar-refractivity contribution in [1.29, 1.82) is 0 Å². The molecule has 0 atom stereocenters. The molecule has 0 saturated carbocycles. The number of nitrogens with one attached hydrogen (secondary N) is 1. The Labute approximate surface area is 197 Å². The molecule has 0 radical (unpaired) electrons. The quantitative estimate of drug-likeness (QED) is 0.465. The van der Waals surface area contributed by atoms with Crippen molar-refractivity contribution in [2.75, 3.05) is 13.7 Å². The summed E-state index contributed by atoms with van der Waals surface area (Å²) in [5.41, 5.74) is 1.29. The van der Waals surface area contributed by atoms with E-state index >= 15 is 0 Å². The molecule has 3 rings (SSSR count). The molecule has 0 aliphatic carbocycles. The number of fused-ring (bicyclic) bond motifs is 1. The number of rotatable bonds is 7. The van der Waals surface area contributed by atoms with Crippen molar-refractivity contribution in [2.24, 2.45) is 5.92 Å². The van der Waals surface area contributed by atoms with Crippen LogP contribution >= 0.6 is 22.9 Å². The van der Waals surface area contributed by atoms with Gasteiger partial charge < -0.3 is 9.64 Å². The number of ether oxygens (including phenoxy) is 1. The number of halogens is 1. The second kappa shape index (κ2) is 10.2. The second-order valence-electron chi connectivity index (χ2n) is 7.69. The van der Waals surface area contributed by atoms with Crippen LogP contribution in [-0.2, 0) is 39.1 Å². The van der Waals surface area contributed by atoms with Gasteiger partial charge in [-0.3, -0.25) is 4.79 Å². The van der Waals surface area contributed by atoms with Crippen molar-refractivity contribution in [2.45, 2.75) is 37.6 Å². The highest BCUT2D eigenvalue weighted by atomic mass is 35.5. The average molecular weight is 497 g/mol. The number of esters is 1. The van der Waals surface area contributed by atoms with Gasteiger partial charge in [-0.1, -0.05) is 49.7 Å². The van der Waals surface area contributed by atoms with E-state index in [1.54, 1.807) is 29.2 Å². The number of carbonyl (C=O) groups is 2. The number of methoxy groups -OCH3 is 1. The molecule has 2 aromatic rings. The smallest absolute Gasteiger partial charge is 0.340 e. The molecule has 172 valence electrons. The molecule has 10 heteroatoms. The van der Waals surface area contributed by atoms with Crippen molar-refractivity contribution in [1.82, 2.24) is 9.62 Å². The largest absolute Gasteiger partial charge is 0.465 e. The number of thiophene rings is 1. The number of hydrogen-bond donors (Lipinski definition) is 1. The molecule has 0 fully saturated rings. The lowest BCUT2D eigenvalue weighted by Gasteiger charge is -2.26. The summed E-state index contributed by atoms with van der Waals surface area (Å²) in [6, 6.07) is 6.92. The number of allylic oxidation sites excluding steroid dienone is 1. The Morgan fingerprint density at radius 2 is 2.03 bits per heavy atom. The number of amides is 1. The summed E-state index contributed by atoms with van der Waals surface area (Å²) in [6.07, 6.45) is 3.73. The highest BCUT2D eigenvalue weighted by molar-refractivity contribution is 7.91. The zero-order chi connectivity index (χ0) is 23.5. The Kier molecular flexibility index (Phi) is 7.76. The van der Waals surface area contributed by atoms with Gasteiger partial charge in [0.15, 0.2) is 0 Å². The third kappa shape index (κ3) is 5.40. The lowest BCUT2D eigenvalue weighted by Crippen LogP contribution is -2.34. The minimum absolute atomic E-state index is 0.0181. The van der Waals surface area contributed by atoms with Gasteiger partial charge in [-0.25, -0.2) is 17.9 Å². The van der Waals surface area contributed by atoms with Crippen LogP contribution in [0.15, 0.2) is 40.6 Å². The Morgan fingerprint density at radius 3 is 2.69 bits per heavy atom. The maximum absolute atomic E-state index is 13.1. The molecular formula is C22H25ClN2O5S2. The van der Waals surface area contributed by atoms with Crippen LogP contribution in [0.2, 0.25) is 5.02 Å². The van der Waals surface area contributed by atoms with Crippen LogP contribution in [0.1, 0.15) is 40.2 Å². The summed E-state index contributed by atoms with van der Waals surface area (Å²) in [6.45, 7) is 4.57. The van der Waals surface area contributed by atoms with E-state index < -0.39 is 16.0 Å². The molecule has 32 heavy (non-hydrogen) atoms. The van der Waals surface area contributed by atoms with E-state index in [9.17, 15) is 18.0 Å². The number of benzene rings is 1. The first-order valence-electron chi connectivity index (χ1n) is 10.1. The van der Waals surface area contributed by atoms with E-state index in [1.807, 2.05) is 19.9 Å². The minimum Gasteiger partial charge on any atom is -0.465 e. The zero-order valence-electron chi connectivity index (χ0n) is 18.1. The van der Waals surface area contributed by atoms with E-state index in [0.29, 0.717) is 34.0 Å². The number of hydrogen-bond acceptors (Lipinski definition) is 6. The molecule has 1 N–H and O–H groups in total. The molecule has 2 heterocycles. The molecule has 0 saturated heterocycles. The van der Waals surface area contributed by atoms with Gasteiger partial charge in [0, 0.05) is 23.0 Å². The van der Waals surface area contributed by atoms with E-state index in [1.165, 1.54) is 13.2 Å². The fourth-order valence-corrected chi connectivity index (χ4v) is 6.48. The standard InChI is InChI=1S/C22H25ClN2O5S2/c1-14(2)8-9-19(26)25-11-10-16-18(13-25)31-22(20(16)21(27)30-3)32(28,29)24-12-15-6-4-5-7-17(15)23/h4-9,14,24H,10-13H2,1-3H3/b9-8+. The number of nitrogens with zero attached hydrogens (tertiary/aromatic N) is 1. The highest BCUT2D eigenvalue weighted by Crippen LogP contribution is 2.37. The zero-order valence-corrected chi connectivity index (χ0v) is 20.4. The van der Waals surface area contributed by atoms with Gasteiger partial charge in [0.25, 0.3) is 10.0 Å². The normalized spacial score (nSPS) is 14.1. The third-order valence-corrected chi connectivity index (χ3v) is 8.51. The molecule has 0 spiro atoms. The van der Waals surface area contributed by atoms with Crippen LogP contribution < -0.4 is 4.72 Å². The van der Waals surface area contributed by atoms with Gasteiger partial charge in [0.2, 0.25) is 5.91 Å². The van der Waals surface area contributed by atoms with E-state index in [4.69, 9.17) is 16.3 Å². The molecule has 1 amide bonds. The second-order valence-corrected chi connectivity index (χ2v) is 11.2. The van der Waals surface area contributed by atoms with Gasteiger partial charge in [-0.05, 0) is 35.6 Å². The average Bonchev–Trinajstić information content (AvgIpc) is 3.16. The maximum Gasteiger partial charge on any atom is 0.340 e. The molecular weight excluding hydrogens is 472 g/mol. The van der Waals surface area contributed by atoms with E-state index in [-0.39, 0.29) is 34.7 Å². The van der Waals surface area contributed by atoms with E-state index in [0.717, 1.165) is 11.3 Å². The lowest BCUT2D eigenvalue weighted by molar-refractivity contribution is -0.126. The first kappa shape index (κ1) is 24.4. The molecule has 7 nitrogen and oxygen atoms in total. The van der Waals surface area contributed by atoms with Crippen molar-refractivity contribution in [3.8, 4) is 0 Å². The summed E-state index contributed by atoms with van der Waals surface area (Å²) < 4.78 is 33.6. The SMILES string of the molecule is COC(=O)c1c(S(=O)(=O)NCc2ccccc2Cl)sc2c1CCN(C(=O)/C=C/C(C)C)C2. The summed E-state index contributed by atoms with van der Waals surface area (Å²) >= 11 is 7.12. The van der Waals surface area contributed by atoms with Crippen LogP contribution in [0.5, 0.6) is 0 Å². The monoisotopic (exact) mass is 496 g/mol. The minimum atomic E-state index is -4.02. The van der Waals surface area contributed by atoms with Crippen LogP contribution in [0.3, 0.4) is 0 Å². The topological polar surface area (TPSA) is 92.8 Å². The van der Waals surface area contributed by atoms with Crippen LogP contribution in [0.4, 0.5) is 0 Å². The number of sulfonamides is 1. The summed E-state index contributed by atoms with van der Waals surface area (Å²) in [5, 5.41) is 0.442. The van der Waals surface area contributed by atoms with Crippen molar-refractivity contribution < 1.29 is 22.7 Å². The number of carbonyl (C=O) groups excluding carboxylic acids is 2. The predicted octanol–water partition coefficient (Wildman–Crippen LogP) is 3.76. The summed E-state index contributed by atoms with van der Waals surface area (Å²) in [5.74, 6) is -0.605. The molecule has 1 aliphatic rings. The van der Waals surface area contributed by atoms with Crippen molar-refractivity contribution >= 4 is 44.8 Å². The van der Waals surface area contributed by atoms with Crippen molar-refractivity contribution in [3.63, 3.8) is 0 Å². The first-order valence-corrected chi connectivity index (χ1v) is 12.7. The third-order valence-electron chi connectivity index (χ3n) is 5.00. The first-order chi connectivity index (χ1) is 15.1. The summed E-state index contributed by atoms with van der Waals surface area (Å²) in [7, 11) is -2.81. The van der Waals surface area contributed by atoms with Gasteiger partial charge in [-0.15, -0.1) is 11.3 Å². The van der Waals surface area contributed by atoms with Crippen molar-refractivity contribution in [3.05, 3.63) is 63.0 Å². The molecule has 0 unspecified atom stereocenters.